The third-order valence-corrected chi connectivity index (χ3v) is 12.9. The molecule has 0 bridgehead atoms. The second-order valence-electron chi connectivity index (χ2n) is 17.2. The van der Waals surface area contributed by atoms with Crippen molar-refractivity contribution in [1.29, 1.82) is 5.26 Å². The lowest BCUT2D eigenvalue weighted by molar-refractivity contribution is 0.0893. The van der Waals surface area contributed by atoms with Crippen molar-refractivity contribution >= 4 is 23.3 Å². The molecule has 62 heavy (non-hydrogen) atoms. The summed E-state index contributed by atoms with van der Waals surface area (Å²) < 4.78 is 7.55. The van der Waals surface area contributed by atoms with Crippen molar-refractivity contribution in [2.45, 2.75) is 77.0 Å². The van der Waals surface area contributed by atoms with Gasteiger partial charge in [0.1, 0.15) is 29.1 Å². The third-order valence-electron chi connectivity index (χ3n) is 12.6. The van der Waals surface area contributed by atoms with Crippen LogP contribution in [0.4, 0.5) is 5.82 Å². The van der Waals surface area contributed by atoms with Gasteiger partial charge in [-0.1, -0.05) is 37.6 Å². The van der Waals surface area contributed by atoms with Gasteiger partial charge in [0.15, 0.2) is 5.82 Å². The van der Waals surface area contributed by atoms with E-state index in [9.17, 15) is 19.8 Å². The van der Waals surface area contributed by atoms with E-state index >= 15 is 0 Å². The van der Waals surface area contributed by atoms with E-state index in [1.807, 2.05) is 50.2 Å². The Morgan fingerprint density at radius 2 is 1.65 bits per heavy atom. The van der Waals surface area contributed by atoms with Crippen LogP contribution in [0.1, 0.15) is 85.3 Å². The molecule has 1 saturated carbocycles. The first-order valence-corrected chi connectivity index (χ1v) is 22.0. The molecule has 4 N–H and O–H groups in total. The van der Waals surface area contributed by atoms with Gasteiger partial charge in [0.25, 0.3) is 5.91 Å². The number of aromatic hydroxyl groups is 2. The van der Waals surface area contributed by atoms with Crippen LogP contribution in [-0.2, 0) is 6.54 Å². The van der Waals surface area contributed by atoms with Crippen LogP contribution in [0, 0.1) is 17.2 Å². The van der Waals surface area contributed by atoms with Gasteiger partial charge in [-0.2, -0.15) is 10.4 Å². The van der Waals surface area contributed by atoms with Crippen molar-refractivity contribution in [3.63, 3.8) is 0 Å². The number of rotatable bonds is 12. The van der Waals surface area contributed by atoms with Crippen molar-refractivity contribution in [2.75, 3.05) is 50.7 Å². The summed E-state index contributed by atoms with van der Waals surface area (Å²) in [5, 5.41) is 40.4. The fourth-order valence-corrected chi connectivity index (χ4v) is 9.17. The van der Waals surface area contributed by atoms with Crippen LogP contribution in [0.25, 0.3) is 17.1 Å². The normalized spacial score (nSPS) is 19.0. The van der Waals surface area contributed by atoms with Crippen LogP contribution in [0.2, 0.25) is 5.02 Å². The number of ether oxygens (including phenoxy) is 1. The molecule has 2 saturated heterocycles. The number of H-pyrrole nitrogens is 1. The fraction of sp³-hybridized carbons (Fsp3) is 0.426. The van der Waals surface area contributed by atoms with E-state index < -0.39 is 5.69 Å². The van der Waals surface area contributed by atoms with Crippen molar-refractivity contribution in [3.05, 3.63) is 111 Å². The summed E-state index contributed by atoms with van der Waals surface area (Å²) in [4.78, 5) is 38.1. The molecule has 1 amide bonds. The summed E-state index contributed by atoms with van der Waals surface area (Å²) in [7, 11) is 0. The molecule has 324 valence electrons. The number of piperazine rings is 1. The van der Waals surface area contributed by atoms with E-state index in [1.54, 1.807) is 30.5 Å². The number of halogens is 1. The van der Waals surface area contributed by atoms with E-state index in [1.165, 1.54) is 10.6 Å². The predicted octanol–water partition coefficient (Wildman–Crippen LogP) is 6.84. The zero-order chi connectivity index (χ0) is 43.3. The van der Waals surface area contributed by atoms with E-state index in [2.05, 4.69) is 36.3 Å². The predicted molar refractivity (Wildman–Crippen MR) is 238 cm³/mol. The number of hydrogen-bond donors (Lipinski definition) is 4. The molecule has 5 aromatic rings. The van der Waals surface area contributed by atoms with Gasteiger partial charge in [0.05, 0.1) is 33.5 Å². The van der Waals surface area contributed by atoms with E-state index in [4.69, 9.17) is 26.6 Å². The zero-order valence-corrected chi connectivity index (χ0v) is 36.0. The Balaban J connectivity index is 0.749. The number of amides is 1. The summed E-state index contributed by atoms with van der Waals surface area (Å²) in [5.74, 6) is 2.26. The average Bonchev–Trinajstić information content (AvgIpc) is 3.66. The number of piperidine rings is 1. The molecule has 14 nitrogen and oxygen atoms in total. The van der Waals surface area contributed by atoms with Gasteiger partial charge in [-0.05, 0) is 104 Å². The molecule has 2 aliphatic heterocycles. The Bertz CT molecular complexity index is 2440. The summed E-state index contributed by atoms with van der Waals surface area (Å²) in [5.41, 5.74) is 3.41. The number of carbonyl (C=O) groups is 1. The molecule has 2 aromatic heterocycles. The lowest BCUT2D eigenvalue weighted by Crippen LogP contribution is -2.48. The van der Waals surface area contributed by atoms with Gasteiger partial charge in [-0.25, -0.2) is 19.4 Å². The molecular weight excluding hydrogens is 806 g/mol. The molecule has 3 aromatic carbocycles. The van der Waals surface area contributed by atoms with Crippen LogP contribution in [-0.4, -0.2) is 104 Å². The monoisotopic (exact) mass is 859 g/mol. The third kappa shape index (κ3) is 9.91. The highest BCUT2D eigenvalue weighted by Crippen LogP contribution is 2.37. The molecule has 3 aliphatic rings. The van der Waals surface area contributed by atoms with Crippen LogP contribution < -0.4 is 20.6 Å². The molecule has 1 aliphatic carbocycles. The average molecular weight is 860 g/mol. The van der Waals surface area contributed by atoms with Crippen LogP contribution in [0.15, 0.2) is 77.7 Å². The molecule has 3 fully saturated rings. The number of benzene rings is 3. The van der Waals surface area contributed by atoms with Crippen molar-refractivity contribution < 1.29 is 19.7 Å². The topological polar surface area (TPSA) is 176 Å². The summed E-state index contributed by atoms with van der Waals surface area (Å²) in [6.07, 6.45) is 7.23. The Hall–Kier alpha value is -5.88. The van der Waals surface area contributed by atoms with Crippen molar-refractivity contribution in [2.24, 2.45) is 5.92 Å². The van der Waals surface area contributed by atoms with Crippen LogP contribution >= 0.6 is 11.6 Å². The lowest BCUT2D eigenvalue weighted by atomic mass is 9.92. The maximum Gasteiger partial charge on any atom is 0.348 e. The standard InChI is InChI=1S/C47H54ClN9O5/c1-30(2)39-24-40(43(59)25-42(39)58)45-52-53-47(61)57(45)36-9-3-31(4-10-36)28-54-19-21-55(22-20-54)29-32-15-17-56(18-16-32)44-14-6-34(27-50-44)46(60)51-35-7-12-37(13-8-35)62-38-11-5-33(26-49)41(48)23-38/h3-6,9-11,14,23-25,27,30,32,35,37,58-59H,7-8,12-13,15-22,28-29H2,1-2H3,(H,51,60)(H,53,61). The van der Waals surface area contributed by atoms with Gasteiger partial charge < -0.3 is 30.1 Å². The van der Waals surface area contributed by atoms with Crippen LogP contribution in [0.5, 0.6) is 17.2 Å². The summed E-state index contributed by atoms with van der Waals surface area (Å²) >= 11 is 6.16. The first-order valence-electron chi connectivity index (χ1n) is 21.7. The second-order valence-corrected chi connectivity index (χ2v) is 17.6. The molecule has 0 spiro atoms. The Kier molecular flexibility index (Phi) is 13.1. The number of hydrogen-bond acceptors (Lipinski definition) is 11. The summed E-state index contributed by atoms with van der Waals surface area (Å²) in [6, 6.07) is 22.0. The quantitative estimate of drug-likeness (QED) is 0.103. The number of anilines is 1. The first kappa shape index (κ1) is 42.8. The zero-order valence-electron chi connectivity index (χ0n) is 35.3. The highest BCUT2D eigenvalue weighted by molar-refractivity contribution is 6.31. The van der Waals surface area contributed by atoms with Gasteiger partial charge >= 0.3 is 5.69 Å². The van der Waals surface area contributed by atoms with Gasteiger partial charge in [0, 0.05) is 76.7 Å². The molecule has 0 atom stereocenters. The highest BCUT2D eigenvalue weighted by atomic mass is 35.5. The first-order chi connectivity index (χ1) is 30.0. The minimum absolute atomic E-state index is 0.00560. The summed E-state index contributed by atoms with van der Waals surface area (Å²) in [6.45, 7) is 11.7. The van der Waals surface area contributed by atoms with Gasteiger partial charge in [-0.3, -0.25) is 9.69 Å². The Morgan fingerprint density at radius 3 is 2.31 bits per heavy atom. The Morgan fingerprint density at radius 1 is 0.919 bits per heavy atom. The van der Waals surface area contributed by atoms with E-state index in [0.29, 0.717) is 44.6 Å². The minimum Gasteiger partial charge on any atom is -0.508 e. The maximum atomic E-state index is 13.1. The molecule has 15 heteroatoms. The molecule has 8 rings (SSSR count). The maximum absolute atomic E-state index is 13.1. The lowest BCUT2D eigenvalue weighted by Gasteiger charge is -2.39. The highest BCUT2D eigenvalue weighted by Gasteiger charge is 2.27. The van der Waals surface area contributed by atoms with Crippen LogP contribution in [0.3, 0.4) is 0 Å². The van der Waals surface area contributed by atoms with E-state index in [-0.39, 0.29) is 41.3 Å². The van der Waals surface area contributed by atoms with E-state index in [0.717, 1.165) is 102 Å². The van der Waals surface area contributed by atoms with Crippen molar-refractivity contribution in [3.8, 4) is 40.4 Å². The molecule has 4 heterocycles. The largest absolute Gasteiger partial charge is 0.508 e. The number of phenols is 2. The molecular formula is C47H54ClN9O5. The smallest absolute Gasteiger partial charge is 0.348 e. The minimum atomic E-state index is -0.410. The molecule has 0 unspecified atom stereocenters. The van der Waals surface area contributed by atoms with Crippen molar-refractivity contribution in [1.82, 2.24) is 34.9 Å². The van der Waals surface area contributed by atoms with Gasteiger partial charge in [0.2, 0.25) is 0 Å². The number of aromatic amines is 1. The fourth-order valence-electron chi connectivity index (χ4n) is 8.95. The second kappa shape index (κ2) is 19.0. The number of aromatic nitrogens is 4. The molecule has 0 radical (unpaired) electrons. The number of carbonyl (C=O) groups excluding carboxylic acids is 1. The number of phenolic OH excluding ortho intramolecular Hbond substituents is 2. The van der Waals surface area contributed by atoms with Gasteiger partial charge in [-0.15, -0.1) is 0 Å². The number of pyridine rings is 1. The number of nitrogens with zero attached hydrogens (tertiary/aromatic N) is 7. The number of nitriles is 1. The number of nitrogens with one attached hydrogen (secondary N) is 2. The Labute approximate surface area is 366 Å². The SMILES string of the molecule is CC(C)c1cc(-c2n[nH]c(=O)n2-c2ccc(CN3CCN(CC4CCN(c5ccc(C(=O)NC6CCC(Oc7ccc(C#N)c(Cl)c7)CC6)cn5)CC4)CC3)cc2)c(O)cc1O.